The molecule has 0 saturated carbocycles. The van der Waals surface area contributed by atoms with Crippen LogP contribution in [0.25, 0.3) is 0 Å². The van der Waals surface area contributed by atoms with Crippen LogP contribution in [0.3, 0.4) is 0 Å². The zero-order chi connectivity index (χ0) is 10.1. The van der Waals surface area contributed by atoms with E-state index in [9.17, 15) is 4.79 Å². The molecule has 0 N–H and O–H groups in total. The molecule has 0 aromatic carbocycles. The van der Waals surface area contributed by atoms with E-state index in [1.807, 2.05) is 11.0 Å². The van der Waals surface area contributed by atoms with Gasteiger partial charge in [-0.15, -0.1) is 6.58 Å². The van der Waals surface area contributed by atoms with Gasteiger partial charge in [0.1, 0.15) is 6.61 Å². The van der Waals surface area contributed by atoms with Gasteiger partial charge >= 0.3 is 6.09 Å². The largest absolute Gasteiger partial charge is 0.447 e. The van der Waals surface area contributed by atoms with E-state index in [1.54, 1.807) is 0 Å². The van der Waals surface area contributed by atoms with Crippen LogP contribution in [0.5, 0.6) is 0 Å². The molecule has 3 atom stereocenters. The molecule has 3 heteroatoms. The Morgan fingerprint density at radius 3 is 3.14 bits per heavy atom. The molecule has 0 aromatic heterocycles. The smallest absolute Gasteiger partial charge is 0.410 e. The molecule has 78 valence electrons. The van der Waals surface area contributed by atoms with E-state index in [-0.39, 0.29) is 6.09 Å². The number of ether oxygens (including phenoxy) is 1. The van der Waals surface area contributed by atoms with Crippen molar-refractivity contribution >= 4 is 6.09 Å². The Bertz CT molecular complexity index is 252. The number of carbonyl (C=O) groups excluding carboxylic acids is 1. The van der Waals surface area contributed by atoms with Crippen molar-refractivity contribution in [3.8, 4) is 0 Å². The number of rotatable bonds is 2. The number of cyclic esters (lactones) is 1. The van der Waals surface area contributed by atoms with E-state index in [2.05, 4.69) is 13.5 Å². The van der Waals surface area contributed by atoms with Crippen LogP contribution in [0.15, 0.2) is 12.7 Å². The fourth-order valence-corrected chi connectivity index (χ4v) is 2.64. The number of hydrogen-bond donors (Lipinski definition) is 0. The average molecular weight is 195 g/mol. The summed E-state index contributed by atoms with van der Waals surface area (Å²) in [6, 6.07) is 0.632. The SMILES string of the molecule is C=CC[C@H]1C[C@H](C)C[C@@H]2COC(=O)N12. The zero-order valence-corrected chi connectivity index (χ0v) is 8.61. The van der Waals surface area contributed by atoms with Gasteiger partial charge in [0.25, 0.3) is 0 Å². The van der Waals surface area contributed by atoms with Crippen LogP contribution in [-0.4, -0.2) is 29.7 Å². The lowest BCUT2D eigenvalue weighted by Gasteiger charge is -2.38. The van der Waals surface area contributed by atoms with Gasteiger partial charge in [-0.2, -0.15) is 0 Å². The van der Waals surface area contributed by atoms with E-state index in [0.717, 1.165) is 19.3 Å². The van der Waals surface area contributed by atoms with Gasteiger partial charge in [-0.1, -0.05) is 13.0 Å². The van der Waals surface area contributed by atoms with E-state index >= 15 is 0 Å². The fraction of sp³-hybridized carbons (Fsp3) is 0.727. The Kier molecular flexibility index (Phi) is 2.48. The van der Waals surface area contributed by atoms with Crippen LogP contribution in [0.4, 0.5) is 4.79 Å². The Morgan fingerprint density at radius 2 is 2.43 bits per heavy atom. The summed E-state index contributed by atoms with van der Waals surface area (Å²) in [5.41, 5.74) is 0. The summed E-state index contributed by atoms with van der Waals surface area (Å²) in [5, 5.41) is 0. The van der Waals surface area contributed by atoms with Crippen molar-refractivity contribution in [3.63, 3.8) is 0 Å². The number of amides is 1. The number of carbonyl (C=O) groups is 1. The molecule has 2 rings (SSSR count). The van der Waals surface area contributed by atoms with Crippen LogP contribution in [-0.2, 0) is 4.74 Å². The van der Waals surface area contributed by atoms with E-state index in [0.29, 0.717) is 24.6 Å². The normalized spacial score (nSPS) is 36.5. The van der Waals surface area contributed by atoms with Crippen molar-refractivity contribution < 1.29 is 9.53 Å². The van der Waals surface area contributed by atoms with Crippen LogP contribution >= 0.6 is 0 Å². The molecule has 0 radical (unpaired) electrons. The highest BCUT2D eigenvalue weighted by Crippen LogP contribution is 2.33. The standard InChI is InChI=1S/C11H17NO2/c1-3-4-9-5-8(2)6-10-7-14-11(13)12(9)10/h3,8-10H,1,4-7H2,2H3/t8-,9-,10+/m0/s1. The molecule has 2 aliphatic rings. The summed E-state index contributed by atoms with van der Waals surface area (Å²) in [7, 11) is 0. The van der Waals surface area contributed by atoms with Crippen molar-refractivity contribution in [2.45, 2.75) is 38.3 Å². The van der Waals surface area contributed by atoms with Crippen LogP contribution in [0.2, 0.25) is 0 Å². The summed E-state index contributed by atoms with van der Waals surface area (Å²) in [6.45, 7) is 6.57. The zero-order valence-electron chi connectivity index (χ0n) is 8.61. The Labute approximate surface area is 84.7 Å². The number of hydrogen-bond acceptors (Lipinski definition) is 2. The third-order valence-electron chi connectivity index (χ3n) is 3.18. The van der Waals surface area contributed by atoms with Crippen LogP contribution < -0.4 is 0 Å². The second-order valence-corrected chi connectivity index (χ2v) is 4.39. The quantitative estimate of drug-likeness (QED) is 0.632. The first kappa shape index (κ1) is 9.56. The topological polar surface area (TPSA) is 29.5 Å². The summed E-state index contributed by atoms with van der Waals surface area (Å²) in [6.07, 6.45) is 4.81. The predicted molar refractivity (Wildman–Crippen MR) is 54.0 cm³/mol. The van der Waals surface area contributed by atoms with Gasteiger partial charge < -0.3 is 4.74 Å². The van der Waals surface area contributed by atoms with E-state index in [1.165, 1.54) is 0 Å². The maximum Gasteiger partial charge on any atom is 0.410 e. The minimum Gasteiger partial charge on any atom is -0.447 e. The fourth-order valence-electron chi connectivity index (χ4n) is 2.64. The molecule has 2 fully saturated rings. The lowest BCUT2D eigenvalue weighted by molar-refractivity contribution is 0.111. The summed E-state index contributed by atoms with van der Waals surface area (Å²) >= 11 is 0. The van der Waals surface area contributed by atoms with E-state index in [4.69, 9.17) is 4.74 Å². The average Bonchev–Trinajstić information content (AvgIpc) is 2.48. The Hall–Kier alpha value is -0.990. The highest BCUT2D eigenvalue weighted by Gasteiger charge is 2.42. The molecule has 2 aliphatic heterocycles. The van der Waals surface area contributed by atoms with Crippen molar-refractivity contribution in [1.82, 2.24) is 4.90 Å². The van der Waals surface area contributed by atoms with Crippen molar-refractivity contribution in [2.24, 2.45) is 5.92 Å². The summed E-state index contributed by atoms with van der Waals surface area (Å²) < 4.78 is 5.08. The van der Waals surface area contributed by atoms with Gasteiger partial charge in [0.15, 0.2) is 0 Å². The van der Waals surface area contributed by atoms with Gasteiger partial charge in [0, 0.05) is 6.04 Å². The molecule has 0 aromatic rings. The second-order valence-electron chi connectivity index (χ2n) is 4.39. The third kappa shape index (κ3) is 1.51. The first-order chi connectivity index (χ1) is 6.72. The molecule has 1 amide bonds. The summed E-state index contributed by atoms with van der Waals surface area (Å²) in [5.74, 6) is 0.690. The highest BCUT2D eigenvalue weighted by molar-refractivity contribution is 5.70. The van der Waals surface area contributed by atoms with E-state index < -0.39 is 0 Å². The molecule has 14 heavy (non-hydrogen) atoms. The van der Waals surface area contributed by atoms with Crippen LogP contribution in [0, 0.1) is 5.92 Å². The third-order valence-corrected chi connectivity index (χ3v) is 3.18. The molecular weight excluding hydrogens is 178 g/mol. The molecule has 0 bridgehead atoms. The van der Waals surface area contributed by atoms with Gasteiger partial charge in [-0.05, 0) is 25.2 Å². The minimum absolute atomic E-state index is 0.131. The molecule has 2 saturated heterocycles. The van der Waals surface area contributed by atoms with Crippen LogP contribution in [0.1, 0.15) is 26.2 Å². The van der Waals surface area contributed by atoms with Gasteiger partial charge in [-0.3, -0.25) is 4.90 Å². The molecule has 2 heterocycles. The monoisotopic (exact) mass is 195 g/mol. The predicted octanol–water partition coefficient (Wildman–Crippen LogP) is 2.18. The number of piperidine rings is 1. The second kappa shape index (κ2) is 3.64. The highest BCUT2D eigenvalue weighted by atomic mass is 16.6. The first-order valence-corrected chi connectivity index (χ1v) is 5.28. The van der Waals surface area contributed by atoms with Gasteiger partial charge in [0.2, 0.25) is 0 Å². The molecular formula is C11H17NO2. The lowest BCUT2D eigenvalue weighted by atomic mass is 9.87. The Morgan fingerprint density at radius 1 is 1.64 bits per heavy atom. The van der Waals surface area contributed by atoms with Gasteiger partial charge in [-0.25, -0.2) is 4.79 Å². The molecule has 0 unspecified atom stereocenters. The number of nitrogens with zero attached hydrogens (tertiary/aromatic N) is 1. The van der Waals surface area contributed by atoms with Crippen molar-refractivity contribution in [1.29, 1.82) is 0 Å². The lowest BCUT2D eigenvalue weighted by Crippen LogP contribution is -2.47. The first-order valence-electron chi connectivity index (χ1n) is 5.28. The number of fused-ring (bicyclic) bond motifs is 1. The molecule has 0 spiro atoms. The Balaban J connectivity index is 2.13. The molecule has 0 aliphatic carbocycles. The van der Waals surface area contributed by atoms with Crippen molar-refractivity contribution in [3.05, 3.63) is 12.7 Å². The van der Waals surface area contributed by atoms with Gasteiger partial charge in [0.05, 0.1) is 6.04 Å². The van der Waals surface area contributed by atoms with Crippen molar-refractivity contribution in [2.75, 3.05) is 6.61 Å². The summed E-state index contributed by atoms with van der Waals surface area (Å²) in [4.78, 5) is 13.4. The minimum atomic E-state index is -0.131. The molecule has 3 nitrogen and oxygen atoms in total. The maximum absolute atomic E-state index is 11.5. The maximum atomic E-state index is 11.5.